The average Bonchev–Trinajstić information content (AvgIpc) is 2.85. The number of piperidine rings is 1. The quantitative estimate of drug-likeness (QED) is 0.769. The average molecular weight is 240 g/mol. The Morgan fingerprint density at radius 2 is 2.18 bits per heavy atom. The maximum atomic E-state index is 5.69. The second-order valence-electron chi connectivity index (χ2n) is 5.52. The number of likely N-dealkylation sites (tertiary alicyclic amines) is 1. The van der Waals surface area contributed by atoms with Gasteiger partial charge < -0.3 is 10.1 Å². The van der Waals surface area contributed by atoms with E-state index in [-0.39, 0.29) is 0 Å². The van der Waals surface area contributed by atoms with Gasteiger partial charge in [0.2, 0.25) is 0 Å². The standard InChI is InChI=1S/C14H28N2O/c1-15-12-13-6-2-3-9-16(13)10-4-7-14-8-5-11-17-14/h13-15H,2-12H2,1H3. The maximum absolute atomic E-state index is 5.69. The fourth-order valence-electron chi connectivity index (χ4n) is 3.22. The van der Waals surface area contributed by atoms with Crippen LogP contribution in [0.2, 0.25) is 0 Å². The van der Waals surface area contributed by atoms with Gasteiger partial charge in [-0.05, 0) is 58.7 Å². The van der Waals surface area contributed by atoms with Crippen LogP contribution in [0.4, 0.5) is 0 Å². The lowest BCUT2D eigenvalue weighted by atomic mass is 10.0. The Morgan fingerprint density at radius 3 is 2.94 bits per heavy atom. The van der Waals surface area contributed by atoms with Gasteiger partial charge in [-0.15, -0.1) is 0 Å². The predicted octanol–water partition coefficient (Wildman–Crippen LogP) is 2.02. The van der Waals surface area contributed by atoms with Crippen molar-refractivity contribution in [3.05, 3.63) is 0 Å². The molecule has 2 fully saturated rings. The van der Waals surface area contributed by atoms with E-state index in [4.69, 9.17) is 4.74 Å². The van der Waals surface area contributed by atoms with Gasteiger partial charge in [-0.2, -0.15) is 0 Å². The van der Waals surface area contributed by atoms with Crippen molar-refractivity contribution >= 4 is 0 Å². The van der Waals surface area contributed by atoms with E-state index < -0.39 is 0 Å². The second kappa shape index (κ2) is 7.34. The van der Waals surface area contributed by atoms with E-state index >= 15 is 0 Å². The largest absolute Gasteiger partial charge is 0.378 e. The number of nitrogens with zero attached hydrogens (tertiary/aromatic N) is 1. The van der Waals surface area contributed by atoms with E-state index in [0.29, 0.717) is 6.10 Å². The molecule has 17 heavy (non-hydrogen) atoms. The van der Waals surface area contributed by atoms with Crippen LogP contribution in [0.5, 0.6) is 0 Å². The summed E-state index contributed by atoms with van der Waals surface area (Å²) < 4.78 is 5.69. The fourth-order valence-corrected chi connectivity index (χ4v) is 3.22. The summed E-state index contributed by atoms with van der Waals surface area (Å²) in [7, 11) is 2.07. The fraction of sp³-hybridized carbons (Fsp3) is 1.00. The zero-order valence-electron chi connectivity index (χ0n) is 11.3. The summed E-state index contributed by atoms with van der Waals surface area (Å²) in [5, 5.41) is 3.33. The summed E-state index contributed by atoms with van der Waals surface area (Å²) in [6.45, 7) is 4.72. The van der Waals surface area contributed by atoms with Crippen LogP contribution in [0.1, 0.15) is 44.9 Å². The summed E-state index contributed by atoms with van der Waals surface area (Å²) in [5.74, 6) is 0. The Morgan fingerprint density at radius 1 is 1.24 bits per heavy atom. The van der Waals surface area contributed by atoms with Crippen molar-refractivity contribution in [2.24, 2.45) is 0 Å². The first kappa shape index (κ1) is 13.3. The molecular weight excluding hydrogens is 212 g/mol. The smallest absolute Gasteiger partial charge is 0.0576 e. The Bertz CT molecular complexity index is 202. The molecule has 0 bridgehead atoms. The first-order valence-electron chi connectivity index (χ1n) is 7.40. The van der Waals surface area contributed by atoms with Crippen LogP contribution in [0.15, 0.2) is 0 Å². The van der Waals surface area contributed by atoms with E-state index in [1.54, 1.807) is 0 Å². The summed E-state index contributed by atoms with van der Waals surface area (Å²) >= 11 is 0. The third-order valence-electron chi connectivity index (χ3n) is 4.18. The molecule has 1 N–H and O–H groups in total. The second-order valence-corrected chi connectivity index (χ2v) is 5.52. The van der Waals surface area contributed by atoms with Gasteiger partial charge in [-0.25, -0.2) is 0 Å². The van der Waals surface area contributed by atoms with E-state index in [2.05, 4.69) is 17.3 Å². The first-order valence-corrected chi connectivity index (χ1v) is 7.40. The number of ether oxygens (including phenoxy) is 1. The molecule has 0 aliphatic carbocycles. The lowest BCUT2D eigenvalue weighted by molar-refractivity contribution is 0.0911. The van der Waals surface area contributed by atoms with Crippen LogP contribution in [0, 0.1) is 0 Å². The molecule has 100 valence electrons. The van der Waals surface area contributed by atoms with Crippen molar-refractivity contribution in [1.29, 1.82) is 0 Å². The Labute approximate surface area is 106 Å². The molecule has 0 radical (unpaired) electrons. The minimum absolute atomic E-state index is 0.572. The highest BCUT2D eigenvalue weighted by molar-refractivity contribution is 4.78. The van der Waals surface area contributed by atoms with Crippen LogP contribution >= 0.6 is 0 Å². The lowest BCUT2D eigenvalue weighted by Crippen LogP contribution is -2.45. The summed E-state index contributed by atoms with van der Waals surface area (Å²) in [5.41, 5.74) is 0. The third-order valence-corrected chi connectivity index (χ3v) is 4.18. The van der Waals surface area contributed by atoms with Gasteiger partial charge in [0.05, 0.1) is 6.10 Å². The number of hydrogen-bond donors (Lipinski definition) is 1. The highest BCUT2D eigenvalue weighted by Crippen LogP contribution is 2.20. The molecule has 0 amide bonds. The van der Waals surface area contributed by atoms with Crippen molar-refractivity contribution in [2.75, 3.05) is 33.3 Å². The van der Waals surface area contributed by atoms with Crippen molar-refractivity contribution in [3.8, 4) is 0 Å². The summed E-state index contributed by atoms with van der Waals surface area (Å²) in [6, 6.07) is 0.776. The first-order chi connectivity index (χ1) is 8.40. The molecule has 3 nitrogen and oxygen atoms in total. The number of likely N-dealkylation sites (N-methyl/N-ethyl adjacent to an activating group) is 1. The molecule has 0 saturated carbocycles. The van der Waals surface area contributed by atoms with E-state index in [1.165, 1.54) is 58.0 Å². The number of hydrogen-bond acceptors (Lipinski definition) is 3. The monoisotopic (exact) mass is 240 g/mol. The molecule has 0 aromatic rings. The number of nitrogens with one attached hydrogen (secondary N) is 1. The molecule has 0 spiro atoms. The highest BCUT2D eigenvalue weighted by Gasteiger charge is 2.22. The van der Waals surface area contributed by atoms with Crippen LogP contribution in [0.25, 0.3) is 0 Å². The Balaban J connectivity index is 1.64. The molecule has 0 aromatic heterocycles. The van der Waals surface area contributed by atoms with Gasteiger partial charge in [0.15, 0.2) is 0 Å². The molecule has 2 aliphatic heterocycles. The van der Waals surface area contributed by atoms with Gasteiger partial charge in [0, 0.05) is 19.2 Å². The third kappa shape index (κ3) is 4.23. The van der Waals surface area contributed by atoms with E-state index in [1.807, 2.05) is 0 Å². The number of rotatable bonds is 6. The van der Waals surface area contributed by atoms with Crippen LogP contribution in [0.3, 0.4) is 0 Å². The van der Waals surface area contributed by atoms with E-state index in [9.17, 15) is 0 Å². The van der Waals surface area contributed by atoms with Crippen LogP contribution in [-0.2, 0) is 4.74 Å². The molecule has 2 unspecified atom stereocenters. The van der Waals surface area contributed by atoms with E-state index in [0.717, 1.165) is 19.2 Å². The molecule has 2 aliphatic rings. The molecule has 2 saturated heterocycles. The SMILES string of the molecule is CNCC1CCCCN1CCCC1CCCO1. The normalized spacial score (nSPS) is 30.9. The predicted molar refractivity (Wildman–Crippen MR) is 71.3 cm³/mol. The van der Waals surface area contributed by atoms with Crippen molar-refractivity contribution in [3.63, 3.8) is 0 Å². The Kier molecular flexibility index (Phi) is 5.75. The molecule has 2 atom stereocenters. The van der Waals surface area contributed by atoms with Crippen molar-refractivity contribution in [2.45, 2.75) is 57.1 Å². The molecule has 3 heteroatoms. The summed E-state index contributed by atoms with van der Waals surface area (Å²) in [6.07, 6.45) is 9.89. The minimum Gasteiger partial charge on any atom is -0.378 e. The van der Waals surface area contributed by atoms with Crippen LogP contribution in [-0.4, -0.2) is 50.3 Å². The molecule has 0 aromatic carbocycles. The van der Waals surface area contributed by atoms with Gasteiger partial charge >= 0.3 is 0 Å². The Hall–Kier alpha value is -0.120. The maximum Gasteiger partial charge on any atom is 0.0576 e. The van der Waals surface area contributed by atoms with Crippen LogP contribution < -0.4 is 5.32 Å². The lowest BCUT2D eigenvalue weighted by Gasteiger charge is -2.35. The molecule has 2 heterocycles. The van der Waals surface area contributed by atoms with Crippen molar-refractivity contribution < 1.29 is 4.74 Å². The van der Waals surface area contributed by atoms with Gasteiger partial charge in [0.25, 0.3) is 0 Å². The minimum atomic E-state index is 0.572. The molecule has 2 rings (SSSR count). The van der Waals surface area contributed by atoms with Crippen molar-refractivity contribution in [1.82, 2.24) is 10.2 Å². The van der Waals surface area contributed by atoms with Gasteiger partial charge in [-0.3, -0.25) is 4.90 Å². The summed E-state index contributed by atoms with van der Waals surface area (Å²) in [4.78, 5) is 2.69. The van der Waals surface area contributed by atoms with Gasteiger partial charge in [-0.1, -0.05) is 6.42 Å². The highest BCUT2D eigenvalue weighted by atomic mass is 16.5. The topological polar surface area (TPSA) is 24.5 Å². The van der Waals surface area contributed by atoms with Gasteiger partial charge in [0.1, 0.15) is 0 Å². The molecular formula is C14H28N2O. The zero-order valence-corrected chi connectivity index (χ0v) is 11.3. The zero-order chi connectivity index (χ0) is 11.9.